The molecule has 0 aliphatic carbocycles. The molecule has 0 radical (unpaired) electrons. The number of benzene rings is 2. The Morgan fingerprint density at radius 3 is 2.16 bits per heavy atom. The Hall–Kier alpha value is -2.93. The number of unbranched alkanes of at least 4 members (excludes halogenated alkanes) is 1. The lowest BCUT2D eigenvalue weighted by molar-refractivity contribution is 0.0492. The molecule has 0 saturated heterocycles. The third-order valence-electron chi connectivity index (χ3n) is 5.47. The van der Waals surface area contributed by atoms with Crippen molar-refractivity contribution in [2.75, 3.05) is 41.0 Å². The van der Waals surface area contributed by atoms with Crippen molar-refractivity contribution in [2.24, 2.45) is 0 Å². The first-order chi connectivity index (χ1) is 15.4. The second kappa shape index (κ2) is 12.8. The fourth-order valence-corrected chi connectivity index (χ4v) is 3.66. The van der Waals surface area contributed by atoms with Crippen molar-refractivity contribution in [3.8, 4) is 23.0 Å². The Morgan fingerprint density at radius 1 is 1.00 bits per heavy atom. The highest BCUT2D eigenvalue weighted by Crippen LogP contribution is 2.38. The minimum absolute atomic E-state index is 0.287. The number of ether oxygens (including phenoxy) is 4. The summed E-state index contributed by atoms with van der Waals surface area (Å²) >= 11 is 0. The van der Waals surface area contributed by atoms with E-state index in [0.29, 0.717) is 35.5 Å². The first kappa shape index (κ1) is 25.3. The van der Waals surface area contributed by atoms with Gasteiger partial charge in [-0.05, 0) is 69.1 Å². The molecule has 0 bridgehead atoms. The van der Waals surface area contributed by atoms with Gasteiger partial charge in [-0.3, -0.25) is 0 Å². The van der Waals surface area contributed by atoms with E-state index in [1.165, 1.54) is 26.9 Å². The normalized spacial score (nSPS) is 11.8. The van der Waals surface area contributed by atoms with Gasteiger partial charge in [0.1, 0.15) is 5.75 Å². The number of rotatable bonds is 13. The molecule has 1 unspecified atom stereocenters. The summed E-state index contributed by atoms with van der Waals surface area (Å²) in [6.07, 6.45) is 2.62. The fraction of sp³-hybridized carbons (Fsp3) is 0.480. The van der Waals surface area contributed by atoms with Gasteiger partial charge in [0.25, 0.3) is 0 Å². The van der Waals surface area contributed by atoms with Crippen LogP contribution in [0.15, 0.2) is 36.4 Å². The molecular formula is C25H35NO6. The van der Waals surface area contributed by atoms with E-state index < -0.39 is 5.97 Å². The van der Waals surface area contributed by atoms with E-state index >= 15 is 0 Å². The van der Waals surface area contributed by atoms with Crippen LogP contribution in [0.3, 0.4) is 0 Å². The summed E-state index contributed by atoms with van der Waals surface area (Å²) in [5.74, 6) is 1.14. The topological polar surface area (TPSA) is 77.5 Å². The van der Waals surface area contributed by atoms with Gasteiger partial charge >= 0.3 is 5.97 Å². The summed E-state index contributed by atoms with van der Waals surface area (Å²) in [7, 11) is 4.53. The van der Waals surface area contributed by atoms with Crippen LogP contribution in [-0.4, -0.2) is 63.0 Å². The van der Waals surface area contributed by atoms with Gasteiger partial charge in [-0.25, -0.2) is 4.79 Å². The maximum absolute atomic E-state index is 12.5. The zero-order valence-electron chi connectivity index (χ0n) is 19.7. The second-order valence-electron chi connectivity index (χ2n) is 7.61. The zero-order valence-corrected chi connectivity index (χ0v) is 19.7. The Labute approximate surface area is 190 Å². The summed E-state index contributed by atoms with van der Waals surface area (Å²) < 4.78 is 21.3. The number of carbonyl (C=O) groups is 1. The van der Waals surface area contributed by atoms with E-state index in [0.717, 1.165) is 32.4 Å². The molecular weight excluding hydrogens is 410 g/mol. The molecule has 1 atom stereocenters. The molecule has 0 aromatic heterocycles. The van der Waals surface area contributed by atoms with Crippen LogP contribution < -0.4 is 14.2 Å². The molecule has 0 aliphatic heterocycles. The van der Waals surface area contributed by atoms with Crippen molar-refractivity contribution in [2.45, 2.75) is 39.2 Å². The van der Waals surface area contributed by atoms with E-state index in [9.17, 15) is 9.90 Å². The summed E-state index contributed by atoms with van der Waals surface area (Å²) in [6, 6.07) is 10.9. The van der Waals surface area contributed by atoms with Gasteiger partial charge in [-0.2, -0.15) is 0 Å². The van der Waals surface area contributed by atoms with Gasteiger partial charge in [-0.1, -0.05) is 19.1 Å². The summed E-state index contributed by atoms with van der Waals surface area (Å²) in [4.78, 5) is 14.9. The Kier molecular flexibility index (Phi) is 10.1. The van der Waals surface area contributed by atoms with Gasteiger partial charge in [-0.15, -0.1) is 0 Å². The molecule has 2 aromatic carbocycles. The summed E-state index contributed by atoms with van der Waals surface area (Å²) in [6.45, 7) is 6.58. The molecule has 1 N–H and O–H groups in total. The number of esters is 1. The highest BCUT2D eigenvalue weighted by molar-refractivity contribution is 5.91. The number of hydrogen-bond donors (Lipinski definition) is 1. The monoisotopic (exact) mass is 445 g/mol. The Bertz CT molecular complexity index is 827. The van der Waals surface area contributed by atoms with Gasteiger partial charge in [0.2, 0.25) is 5.75 Å². The molecule has 0 amide bonds. The SMILES string of the molecule is CCN(CCCCOC(=O)c1cc(OC)c(OC)c(OC)c1)C(C)Cc1ccc(O)cc1. The van der Waals surface area contributed by atoms with Gasteiger partial charge < -0.3 is 29.0 Å². The van der Waals surface area contributed by atoms with Crippen molar-refractivity contribution in [3.05, 3.63) is 47.5 Å². The standard InChI is InChI=1S/C25H35NO6/c1-6-26(18(2)15-19-9-11-21(27)12-10-19)13-7-8-14-32-25(28)20-16-22(29-3)24(31-5)23(17-20)30-4/h9-12,16-18,27H,6-8,13-15H2,1-5H3. The Morgan fingerprint density at radius 2 is 1.62 bits per heavy atom. The lowest BCUT2D eigenvalue weighted by Gasteiger charge is -2.28. The molecule has 2 aromatic rings. The van der Waals surface area contributed by atoms with E-state index in [4.69, 9.17) is 18.9 Å². The third-order valence-corrected chi connectivity index (χ3v) is 5.47. The number of phenolic OH excluding ortho intramolecular Hbond substituents is 1. The molecule has 32 heavy (non-hydrogen) atoms. The number of phenols is 1. The third kappa shape index (κ3) is 7.05. The predicted octanol–water partition coefficient (Wildman–Crippen LogP) is 4.31. The molecule has 0 spiro atoms. The maximum Gasteiger partial charge on any atom is 0.338 e. The smallest absolute Gasteiger partial charge is 0.338 e. The van der Waals surface area contributed by atoms with Crippen LogP contribution in [0.25, 0.3) is 0 Å². The Balaban J connectivity index is 1.81. The van der Waals surface area contributed by atoms with Crippen LogP contribution in [-0.2, 0) is 11.2 Å². The molecule has 0 fully saturated rings. The highest BCUT2D eigenvalue weighted by Gasteiger charge is 2.18. The number of hydrogen-bond acceptors (Lipinski definition) is 7. The van der Waals surface area contributed by atoms with Crippen molar-refractivity contribution >= 4 is 5.97 Å². The number of aromatic hydroxyl groups is 1. The molecule has 0 heterocycles. The number of methoxy groups -OCH3 is 3. The van der Waals surface area contributed by atoms with Gasteiger partial charge in [0.15, 0.2) is 11.5 Å². The maximum atomic E-state index is 12.5. The largest absolute Gasteiger partial charge is 0.508 e. The van der Waals surface area contributed by atoms with Crippen molar-refractivity contribution in [1.29, 1.82) is 0 Å². The van der Waals surface area contributed by atoms with Crippen molar-refractivity contribution < 1.29 is 28.8 Å². The average Bonchev–Trinajstić information content (AvgIpc) is 2.81. The van der Waals surface area contributed by atoms with Crippen LogP contribution in [0.2, 0.25) is 0 Å². The number of likely N-dealkylation sites (N-methyl/N-ethyl adjacent to an activating group) is 1. The van der Waals surface area contributed by atoms with Crippen LogP contribution in [0.4, 0.5) is 0 Å². The first-order valence-electron chi connectivity index (χ1n) is 10.9. The molecule has 7 heteroatoms. The lowest BCUT2D eigenvalue weighted by Crippen LogP contribution is -2.35. The van der Waals surface area contributed by atoms with Crippen LogP contribution in [0, 0.1) is 0 Å². The van der Waals surface area contributed by atoms with E-state index in [1.54, 1.807) is 24.3 Å². The minimum atomic E-state index is -0.419. The van der Waals surface area contributed by atoms with Crippen LogP contribution in [0.1, 0.15) is 42.6 Å². The van der Waals surface area contributed by atoms with Crippen molar-refractivity contribution in [3.63, 3.8) is 0 Å². The highest BCUT2D eigenvalue weighted by atomic mass is 16.5. The van der Waals surface area contributed by atoms with Gasteiger partial charge in [0, 0.05) is 6.04 Å². The van der Waals surface area contributed by atoms with Gasteiger partial charge in [0.05, 0.1) is 33.5 Å². The first-order valence-corrected chi connectivity index (χ1v) is 10.9. The molecule has 0 aliphatic rings. The fourth-order valence-electron chi connectivity index (χ4n) is 3.66. The predicted molar refractivity (Wildman–Crippen MR) is 124 cm³/mol. The number of carbonyl (C=O) groups excluding carboxylic acids is 1. The minimum Gasteiger partial charge on any atom is -0.508 e. The van der Waals surface area contributed by atoms with Crippen LogP contribution in [0.5, 0.6) is 23.0 Å². The van der Waals surface area contributed by atoms with Crippen molar-refractivity contribution in [1.82, 2.24) is 4.90 Å². The molecule has 7 nitrogen and oxygen atoms in total. The van der Waals surface area contributed by atoms with E-state index in [1.807, 2.05) is 12.1 Å². The van der Waals surface area contributed by atoms with E-state index in [2.05, 4.69) is 18.7 Å². The quantitative estimate of drug-likeness (QED) is 0.364. The molecule has 2 rings (SSSR count). The second-order valence-corrected chi connectivity index (χ2v) is 7.61. The zero-order chi connectivity index (χ0) is 23.5. The lowest BCUT2D eigenvalue weighted by atomic mass is 10.1. The molecule has 0 saturated carbocycles. The van der Waals surface area contributed by atoms with Crippen LogP contribution >= 0.6 is 0 Å². The molecule has 176 valence electrons. The summed E-state index contributed by atoms with van der Waals surface area (Å²) in [5.41, 5.74) is 1.56. The van der Waals surface area contributed by atoms with E-state index in [-0.39, 0.29) is 5.75 Å². The number of nitrogens with zero attached hydrogens (tertiary/aromatic N) is 1. The summed E-state index contributed by atoms with van der Waals surface area (Å²) in [5, 5.41) is 9.44. The average molecular weight is 446 g/mol.